The molecule has 6 atom stereocenters. The number of hydrogen-bond donors (Lipinski definition) is 7. The molecule has 1 saturated heterocycles. The summed E-state index contributed by atoms with van der Waals surface area (Å²) in [6, 6.07) is -1.65. The predicted octanol–water partition coefficient (Wildman–Crippen LogP) is 1.24. The lowest BCUT2D eigenvalue weighted by atomic mass is 9.82. The molecule has 1 fully saturated rings. The van der Waals surface area contributed by atoms with Crippen LogP contribution in [0.4, 0.5) is 4.39 Å². The largest absolute Gasteiger partial charge is 0.481 e. The van der Waals surface area contributed by atoms with E-state index < -0.39 is 119 Å². The average Bonchev–Trinajstić information content (AvgIpc) is 2.80. The number of hydrogen-bond acceptors (Lipinski definition) is 18. The highest BCUT2D eigenvalue weighted by atomic mass is 32.2. The second-order valence-electron chi connectivity index (χ2n) is 20.9. The Kier molecular flexibility index (Phi) is 21.2. The van der Waals surface area contributed by atoms with E-state index in [1.54, 1.807) is 40.0 Å². The van der Waals surface area contributed by atoms with E-state index in [9.17, 15) is 53.1 Å². The van der Waals surface area contributed by atoms with Crippen LogP contribution in [0.15, 0.2) is 16.9 Å². The van der Waals surface area contributed by atoms with Gasteiger partial charge < -0.3 is 70.4 Å². The number of carboxylic acids is 2. The number of aliphatic carboxylic acids is 2. The Labute approximate surface area is 475 Å². The fourth-order valence-electron chi connectivity index (χ4n) is 10.9. The van der Waals surface area contributed by atoms with E-state index in [-0.39, 0.29) is 103 Å². The molecule has 3 aromatic rings. The lowest BCUT2D eigenvalue weighted by molar-refractivity contribution is -0.191. The second kappa shape index (κ2) is 27.8. The lowest BCUT2D eigenvalue weighted by Crippen LogP contribution is -2.57. The number of ether oxygens (including phenoxy) is 5. The van der Waals surface area contributed by atoms with Crippen molar-refractivity contribution in [2.45, 2.75) is 122 Å². The van der Waals surface area contributed by atoms with Crippen LogP contribution >= 0.6 is 11.8 Å². The van der Waals surface area contributed by atoms with Crippen molar-refractivity contribution < 1.29 is 81.4 Å². The van der Waals surface area contributed by atoms with E-state index in [0.717, 1.165) is 21.4 Å². The Bertz CT molecular complexity index is 3050. The molecule has 446 valence electrons. The number of amides is 5. The standard InChI is InChI=1S/C55H71FN8O17S/c1-6-55(34-21-40-48-32(25-64(40)51(73)33(34)26-80-54(55)76)45-36(57)10-9-31-29(4)35(56)22-37(61-48)46(31)45)81-53(75)47(28(2)3)62-50(72)39-8-7-13-63(39)52(74)38(23-44(69)70)60-41(65)11-14-77-16-18-79-19-17-78-15-12-58-42(66)24-59-49(71)30(27-82-5)20-43(67)68/h21-22,28,30,36,38-39,47H,6-20,23-27,57H2,1-5H3,(H,58,66)(H,59,71)(H,60,65)(H,62,72)(H,67,68)(H,69,70)/t30?,36-,38-,39-,47-,55-/m0/s1. The van der Waals surface area contributed by atoms with Crippen LogP contribution < -0.4 is 32.6 Å². The van der Waals surface area contributed by atoms with Crippen molar-refractivity contribution in [2.24, 2.45) is 17.6 Å². The summed E-state index contributed by atoms with van der Waals surface area (Å²) in [6.07, 6.45) is 1.73. The Morgan fingerprint density at radius 3 is 2.28 bits per heavy atom. The van der Waals surface area contributed by atoms with Gasteiger partial charge in [0, 0.05) is 53.9 Å². The number of halogens is 1. The molecule has 3 aliphatic heterocycles. The van der Waals surface area contributed by atoms with E-state index >= 15 is 4.39 Å². The van der Waals surface area contributed by atoms with Gasteiger partial charge >= 0.3 is 23.9 Å². The summed E-state index contributed by atoms with van der Waals surface area (Å²) in [5.74, 6) is -9.33. The van der Waals surface area contributed by atoms with Gasteiger partial charge in [-0.05, 0) is 74.0 Å². The van der Waals surface area contributed by atoms with Crippen molar-refractivity contribution in [3.63, 3.8) is 0 Å². The van der Waals surface area contributed by atoms with Crippen molar-refractivity contribution in [2.75, 3.05) is 71.3 Å². The number of rotatable bonds is 29. The van der Waals surface area contributed by atoms with Crippen LogP contribution in [0.25, 0.3) is 22.3 Å². The number of fused-ring (bicyclic) bond motifs is 5. The van der Waals surface area contributed by atoms with Crippen molar-refractivity contribution in [1.29, 1.82) is 0 Å². The third-order valence-electron chi connectivity index (χ3n) is 15.1. The van der Waals surface area contributed by atoms with Crippen LogP contribution in [0, 0.1) is 24.6 Å². The fraction of sp³-hybridized carbons (Fsp3) is 0.582. The maximum Gasteiger partial charge on any atom is 0.355 e. The molecular formula is C55H71FN8O17S. The first-order valence-corrected chi connectivity index (χ1v) is 28.7. The minimum Gasteiger partial charge on any atom is -0.481 e. The number of aromatic nitrogens is 2. The van der Waals surface area contributed by atoms with E-state index in [4.69, 9.17) is 39.5 Å². The second-order valence-corrected chi connectivity index (χ2v) is 21.8. The number of carboxylic acid groups (broad SMARTS) is 2. The first kappa shape index (κ1) is 62.5. The highest BCUT2D eigenvalue weighted by Crippen LogP contribution is 2.46. The molecule has 1 aromatic carbocycles. The van der Waals surface area contributed by atoms with Crippen molar-refractivity contribution >= 4 is 76.1 Å². The Morgan fingerprint density at radius 1 is 0.915 bits per heavy atom. The van der Waals surface area contributed by atoms with Crippen molar-refractivity contribution in [3.8, 4) is 11.4 Å². The number of benzene rings is 1. The number of aryl methyl sites for hydroxylation is 1. The number of carbonyl (C=O) groups excluding carboxylic acids is 7. The van der Waals surface area contributed by atoms with Crippen LogP contribution in [0.2, 0.25) is 0 Å². The third kappa shape index (κ3) is 14.0. The fourth-order valence-corrected chi connectivity index (χ4v) is 11.5. The molecule has 2 aromatic heterocycles. The number of carbonyl (C=O) groups is 9. The number of nitrogens with two attached hydrogens (primary N) is 1. The maximum atomic E-state index is 15.3. The lowest BCUT2D eigenvalue weighted by Gasteiger charge is -2.37. The molecule has 82 heavy (non-hydrogen) atoms. The molecular weight excluding hydrogens is 1100 g/mol. The smallest absolute Gasteiger partial charge is 0.355 e. The first-order chi connectivity index (χ1) is 39.1. The number of nitrogens with one attached hydrogen (secondary N) is 4. The molecule has 8 N–H and O–H groups in total. The highest BCUT2D eigenvalue weighted by molar-refractivity contribution is 7.98. The number of esters is 2. The van der Waals surface area contributed by atoms with Gasteiger partial charge in [-0.2, -0.15) is 11.8 Å². The van der Waals surface area contributed by atoms with Gasteiger partial charge in [0.1, 0.15) is 30.5 Å². The monoisotopic (exact) mass is 1170 g/mol. The summed E-state index contributed by atoms with van der Waals surface area (Å²) in [5.41, 5.74) is 8.06. The van der Waals surface area contributed by atoms with Crippen LogP contribution in [0.3, 0.4) is 0 Å². The summed E-state index contributed by atoms with van der Waals surface area (Å²) < 4.78 is 44.8. The van der Waals surface area contributed by atoms with Gasteiger partial charge in [-0.3, -0.25) is 38.4 Å². The van der Waals surface area contributed by atoms with E-state index in [1.807, 2.05) is 0 Å². The molecule has 7 rings (SSSR count). The zero-order valence-corrected chi connectivity index (χ0v) is 47.3. The highest BCUT2D eigenvalue weighted by Gasteiger charge is 2.52. The van der Waals surface area contributed by atoms with Gasteiger partial charge in [0.05, 0.1) is 94.0 Å². The third-order valence-corrected chi connectivity index (χ3v) is 15.8. The van der Waals surface area contributed by atoms with Crippen LogP contribution in [-0.2, 0) is 92.0 Å². The topological polar surface area (TPSA) is 353 Å². The number of cyclic esters (lactones) is 1. The molecule has 27 heteroatoms. The van der Waals surface area contributed by atoms with E-state index in [0.29, 0.717) is 53.0 Å². The molecule has 0 radical (unpaired) electrons. The summed E-state index contributed by atoms with van der Waals surface area (Å²) in [5, 5.41) is 29.6. The van der Waals surface area contributed by atoms with Gasteiger partial charge in [0.15, 0.2) is 0 Å². The number of nitrogens with zero attached hydrogens (tertiary/aromatic N) is 3. The van der Waals surface area contributed by atoms with E-state index in [1.165, 1.54) is 22.4 Å². The van der Waals surface area contributed by atoms with Crippen molar-refractivity contribution in [3.05, 3.63) is 61.7 Å². The van der Waals surface area contributed by atoms with Gasteiger partial charge in [0.25, 0.3) is 5.56 Å². The molecule has 0 bridgehead atoms. The predicted molar refractivity (Wildman–Crippen MR) is 291 cm³/mol. The Balaban J connectivity index is 0.899. The van der Waals surface area contributed by atoms with Gasteiger partial charge in [0.2, 0.25) is 35.1 Å². The normalized spacial score (nSPS) is 18.8. The van der Waals surface area contributed by atoms with Gasteiger partial charge in [-0.1, -0.05) is 20.8 Å². The summed E-state index contributed by atoms with van der Waals surface area (Å²) in [4.78, 5) is 137. The van der Waals surface area contributed by atoms with Crippen molar-refractivity contribution in [1.82, 2.24) is 35.7 Å². The summed E-state index contributed by atoms with van der Waals surface area (Å²) in [7, 11) is 0. The van der Waals surface area contributed by atoms with Crippen LogP contribution in [-0.4, -0.2) is 167 Å². The SMILES string of the molecule is CC[C@@]1(OC(=O)[C@@H](NC(=O)[C@@H]2CCCN2C(=O)[C@H](CC(=O)O)NC(=O)CCOCCOCCOCCNC(=O)CNC(=O)C(CSC)CC(=O)O)C(C)C)C(=O)OCc2c1cc1n(c2=O)Cc2c-1nc1cc(F)c(C)c3c1c2[C@@H](N)CC3. The van der Waals surface area contributed by atoms with Crippen LogP contribution in [0.5, 0.6) is 0 Å². The number of thioether (sulfide) groups is 1. The molecule has 25 nitrogen and oxygen atoms in total. The Morgan fingerprint density at radius 2 is 1.61 bits per heavy atom. The minimum absolute atomic E-state index is 0.0293. The first-order valence-electron chi connectivity index (χ1n) is 27.3. The zero-order valence-electron chi connectivity index (χ0n) is 46.5. The zero-order chi connectivity index (χ0) is 59.6. The minimum atomic E-state index is -2.16. The Hall–Kier alpha value is -7.07. The molecule has 1 aliphatic carbocycles. The molecule has 1 unspecified atom stereocenters. The number of pyridine rings is 2. The average molecular weight is 1170 g/mol. The molecule has 4 aliphatic rings. The van der Waals surface area contributed by atoms with E-state index in [2.05, 4.69) is 21.3 Å². The van der Waals surface area contributed by atoms with Crippen LogP contribution in [0.1, 0.15) is 105 Å². The molecule has 5 amide bonds. The molecule has 0 saturated carbocycles. The quantitative estimate of drug-likeness (QED) is 0.0297. The van der Waals surface area contributed by atoms with Gasteiger partial charge in [-0.25, -0.2) is 19.0 Å². The molecule has 0 spiro atoms. The summed E-state index contributed by atoms with van der Waals surface area (Å²) >= 11 is 1.33. The summed E-state index contributed by atoms with van der Waals surface area (Å²) in [6.45, 7) is 6.71. The number of likely N-dealkylation sites (tertiary alicyclic amines) is 1. The maximum absolute atomic E-state index is 15.3. The van der Waals surface area contributed by atoms with Gasteiger partial charge in [-0.15, -0.1) is 0 Å². The molecule has 5 heterocycles.